The number of benzene rings is 2. The standard InChI is InChI=1S/C24H25N3O5S/c1-2-32-20-5-3-4-17(14-20)15-21-23(29)27(24(30)33-21)16-22(28)25-18-6-8-19(9-7-18)26-10-12-31-13-11-26/h3-9,14-15H,2,10-13,16H2,1H3,(H,25,28)/b21-15-. The molecule has 2 aliphatic rings. The lowest BCUT2D eigenvalue weighted by molar-refractivity contribution is -0.127. The van der Waals surface area contributed by atoms with Gasteiger partial charge in [0.25, 0.3) is 11.1 Å². The maximum Gasteiger partial charge on any atom is 0.294 e. The summed E-state index contributed by atoms with van der Waals surface area (Å²) in [5.41, 5.74) is 2.41. The summed E-state index contributed by atoms with van der Waals surface area (Å²) in [6.45, 7) is 5.13. The van der Waals surface area contributed by atoms with Crippen LogP contribution < -0.4 is 15.0 Å². The van der Waals surface area contributed by atoms with E-state index in [4.69, 9.17) is 9.47 Å². The fraction of sp³-hybridized carbons (Fsp3) is 0.292. The minimum Gasteiger partial charge on any atom is -0.494 e. The Kier molecular flexibility index (Phi) is 7.31. The molecule has 9 heteroatoms. The zero-order chi connectivity index (χ0) is 23.2. The first-order valence-corrected chi connectivity index (χ1v) is 11.6. The number of hydrogen-bond acceptors (Lipinski definition) is 7. The van der Waals surface area contributed by atoms with E-state index in [1.807, 2.05) is 49.4 Å². The number of ether oxygens (including phenoxy) is 2. The van der Waals surface area contributed by atoms with Crippen molar-refractivity contribution in [2.24, 2.45) is 0 Å². The summed E-state index contributed by atoms with van der Waals surface area (Å²) in [4.78, 5) is 41.0. The van der Waals surface area contributed by atoms with Gasteiger partial charge in [0.1, 0.15) is 12.3 Å². The highest BCUT2D eigenvalue weighted by Crippen LogP contribution is 2.32. The molecule has 2 aliphatic heterocycles. The highest BCUT2D eigenvalue weighted by Gasteiger charge is 2.36. The molecule has 2 fully saturated rings. The van der Waals surface area contributed by atoms with E-state index in [0.717, 1.165) is 41.0 Å². The third-order valence-corrected chi connectivity index (χ3v) is 6.08. The topological polar surface area (TPSA) is 88.2 Å². The predicted octanol–water partition coefficient (Wildman–Crippen LogP) is 3.60. The van der Waals surface area contributed by atoms with E-state index in [1.165, 1.54) is 0 Å². The van der Waals surface area contributed by atoms with Crippen molar-refractivity contribution in [3.63, 3.8) is 0 Å². The zero-order valence-corrected chi connectivity index (χ0v) is 19.1. The van der Waals surface area contributed by atoms with Crippen molar-refractivity contribution in [3.05, 3.63) is 59.0 Å². The molecule has 172 valence electrons. The SMILES string of the molecule is CCOc1cccc(/C=C2\SC(=O)N(CC(=O)Nc3ccc(N4CCOCC4)cc3)C2=O)c1. The van der Waals surface area contributed by atoms with E-state index in [-0.39, 0.29) is 11.4 Å². The Labute approximate surface area is 196 Å². The van der Waals surface area contributed by atoms with Crippen molar-refractivity contribution in [3.8, 4) is 5.75 Å². The third-order valence-electron chi connectivity index (χ3n) is 5.17. The molecule has 0 unspecified atom stereocenters. The molecule has 0 bridgehead atoms. The molecule has 2 aromatic rings. The Bertz CT molecular complexity index is 1060. The van der Waals surface area contributed by atoms with Crippen LogP contribution in [0.4, 0.5) is 16.2 Å². The van der Waals surface area contributed by atoms with Crippen LogP contribution in [0.1, 0.15) is 12.5 Å². The van der Waals surface area contributed by atoms with E-state index in [2.05, 4.69) is 10.2 Å². The summed E-state index contributed by atoms with van der Waals surface area (Å²) in [5, 5.41) is 2.29. The van der Waals surface area contributed by atoms with E-state index < -0.39 is 17.1 Å². The number of carbonyl (C=O) groups is 3. The van der Waals surface area contributed by atoms with Gasteiger partial charge in [-0.15, -0.1) is 0 Å². The van der Waals surface area contributed by atoms with Crippen molar-refractivity contribution in [2.75, 3.05) is 49.7 Å². The number of carbonyl (C=O) groups excluding carboxylic acids is 3. The second-order valence-corrected chi connectivity index (χ2v) is 8.46. The summed E-state index contributed by atoms with van der Waals surface area (Å²) in [7, 11) is 0. The van der Waals surface area contributed by atoms with Crippen LogP contribution in [0.15, 0.2) is 53.4 Å². The molecule has 2 heterocycles. The predicted molar refractivity (Wildman–Crippen MR) is 128 cm³/mol. The van der Waals surface area contributed by atoms with Crippen molar-refractivity contribution in [1.82, 2.24) is 4.90 Å². The van der Waals surface area contributed by atoms with Crippen LogP contribution in [-0.4, -0.2) is 61.4 Å². The average Bonchev–Trinajstić information content (AvgIpc) is 3.08. The van der Waals surface area contributed by atoms with Crippen LogP contribution >= 0.6 is 11.8 Å². The Morgan fingerprint density at radius 1 is 1.15 bits per heavy atom. The molecule has 2 saturated heterocycles. The molecule has 33 heavy (non-hydrogen) atoms. The van der Waals surface area contributed by atoms with Crippen LogP contribution in [0.25, 0.3) is 6.08 Å². The quantitative estimate of drug-likeness (QED) is 0.623. The van der Waals surface area contributed by atoms with Gasteiger partial charge in [-0.3, -0.25) is 19.3 Å². The Balaban J connectivity index is 1.36. The lowest BCUT2D eigenvalue weighted by atomic mass is 10.2. The third kappa shape index (κ3) is 5.74. The van der Waals surface area contributed by atoms with Gasteiger partial charge in [0, 0.05) is 24.5 Å². The van der Waals surface area contributed by atoms with Crippen LogP contribution in [0.2, 0.25) is 0 Å². The smallest absolute Gasteiger partial charge is 0.294 e. The van der Waals surface area contributed by atoms with E-state index in [9.17, 15) is 14.4 Å². The summed E-state index contributed by atoms with van der Waals surface area (Å²) in [5.74, 6) is -0.231. The minimum absolute atomic E-state index is 0.274. The first kappa shape index (κ1) is 22.9. The lowest BCUT2D eigenvalue weighted by Gasteiger charge is -2.28. The van der Waals surface area contributed by atoms with Gasteiger partial charge in [-0.05, 0) is 66.7 Å². The van der Waals surface area contributed by atoms with Gasteiger partial charge < -0.3 is 19.7 Å². The number of anilines is 2. The van der Waals surface area contributed by atoms with Crippen molar-refractivity contribution in [1.29, 1.82) is 0 Å². The second-order valence-electron chi connectivity index (χ2n) is 7.47. The van der Waals surface area contributed by atoms with Gasteiger partial charge in [-0.25, -0.2) is 0 Å². The molecule has 0 radical (unpaired) electrons. The van der Waals surface area contributed by atoms with Gasteiger partial charge in [0.05, 0.1) is 24.7 Å². The molecule has 0 atom stereocenters. The summed E-state index contributed by atoms with van der Waals surface area (Å²) < 4.78 is 10.8. The first-order chi connectivity index (χ1) is 16.0. The summed E-state index contributed by atoms with van der Waals surface area (Å²) >= 11 is 0.824. The van der Waals surface area contributed by atoms with Crippen LogP contribution in [-0.2, 0) is 14.3 Å². The van der Waals surface area contributed by atoms with Gasteiger partial charge >= 0.3 is 0 Å². The van der Waals surface area contributed by atoms with Gasteiger partial charge in [-0.2, -0.15) is 0 Å². The Morgan fingerprint density at radius 3 is 2.64 bits per heavy atom. The van der Waals surface area contributed by atoms with E-state index in [0.29, 0.717) is 31.3 Å². The maximum atomic E-state index is 12.7. The highest BCUT2D eigenvalue weighted by molar-refractivity contribution is 8.18. The molecule has 0 spiro atoms. The number of imide groups is 1. The zero-order valence-electron chi connectivity index (χ0n) is 18.3. The van der Waals surface area contributed by atoms with Gasteiger partial charge in [0.15, 0.2) is 0 Å². The first-order valence-electron chi connectivity index (χ1n) is 10.7. The van der Waals surface area contributed by atoms with Gasteiger partial charge in [-0.1, -0.05) is 12.1 Å². The Morgan fingerprint density at radius 2 is 1.91 bits per heavy atom. The van der Waals surface area contributed by atoms with Crippen LogP contribution in [0.3, 0.4) is 0 Å². The number of nitrogens with zero attached hydrogens (tertiary/aromatic N) is 2. The molecule has 3 amide bonds. The number of rotatable bonds is 7. The van der Waals surface area contributed by atoms with Crippen molar-refractivity contribution >= 4 is 46.3 Å². The number of nitrogens with one attached hydrogen (secondary N) is 1. The molecule has 0 aromatic heterocycles. The molecule has 8 nitrogen and oxygen atoms in total. The Hall–Kier alpha value is -3.30. The number of thioether (sulfide) groups is 1. The molecular weight excluding hydrogens is 442 g/mol. The number of hydrogen-bond donors (Lipinski definition) is 1. The summed E-state index contributed by atoms with van der Waals surface area (Å²) in [6, 6.07) is 14.7. The monoisotopic (exact) mass is 467 g/mol. The normalized spacial score (nSPS) is 17.5. The van der Waals surface area contributed by atoms with Crippen molar-refractivity contribution in [2.45, 2.75) is 6.92 Å². The molecule has 4 rings (SSSR count). The maximum absolute atomic E-state index is 12.7. The van der Waals surface area contributed by atoms with Crippen LogP contribution in [0.5, 0.6) is 5.75 Å². The fourth-order valence-electron chi connectivity index (χ4n) is 3.57. The number of morpholine rings is 1. The minimum atomic E-state index is -0.482. The molecular formula is C24H25N3O5S. The molecule has 0 aliphatic carbocycles. The van der Waals surface area contributed by atoms with Crippen LogP contribution in [0, 0.1) is 0 Å². The van der Waals surface area contributed by atoms with E-state index >= 15 is 0 Å². The highest BCUT2D eigenvalue weighted by atomic mass is 32.2. The van der Waals surface area contributed by atoms with E-state index in [1.54, 1.807) is 12.1 Å². The fourth-order valence-corrected chi connectivity index (χ4v) is 4.41. The van der Waals surface area contributed by atoms with Crippen molar-refractivity contribution < 1.29 is 23.9 Å². The summed E-state index contributed by atoms with van der Waals surface area (Å²) in [6.07, 6.45) is 1.63. The van der Waals surface area contributed by atoms with Gasteiger partial charge in [0.2, 0.25) is 5.91 Å². The second kappa shape index (κ2) is 10.5. The molecule has 0 saturated carbocycles. The molecule has 2 aromatic carbocycles. The molecule has 1 N–H and O–H groups in total. The number of amides is 3. The average molecular weight is 468 g/mol. The lowest BCUT2D eigenvalue weighted by Crippen LogP contribution is -2.36. The largest absolute Gasteiger partial charge is 0.494 e.